The highest BCUT2D eigenvalue weighted by atomic mass is 32.2. The summed E-state index contributed by atoms with van der Waals surface area (Å²) in [6.45, 7) is 12.9. The lowest BCUT2D eigenvalue weighted by atomic mass is 10.2. The van der Waals surface area contributed by atoms with Gasteiger partial charge < -0.3 is 5.32 Å². The van der Waals surface area contributed by atoms with Gasteiger partial charge in [-0.2, -0.15) is 0 Å². The zero-order valence-electron chi connectivity index (χ0n) is 17.7. The Bertz CT molecular complexity index is 716. The van der Waals surface area contributed by atoms with Gasteiger partial charge in [0.15, 0.2) is 0 Å². The fourth-order valence-corrected chi connectivity index (χ4v) is 2.82. The lowest BCUT2D eigenvalue weighted by Crippen LogP contribution is -2.14. The van der Waals surface area contributed by atoms with Crippen molar-refractivity contribution in [2.75, 3.05) is 17.6 Å². The predicted molar refractivity (Wildman–Crippen MR) is 121 cm³/mol. The first-order valence-electron chi connectivity index (χ1n) is 9.60. The molecular weight excluding hydrogens is 370 g/mol. The van der Waals surface area contributed by atoms with Crippen LogP contribution in [0.15, 0.2) is 47.5 Å². The SMILES string of the molecule is CC.CC.Cc1ccc(SCCNc2ncc(/C=C/C(=O)NO)cc2C)cc1. The summed E-state index contributed by atoms with van der Waals surface area (Å²) in [5, 5.41) is 11.8. The van der Waals surface area contributed by atoms with Gasteiger partial charge in [0.25, 0.3) is 5.91 Å². The number of carbonyl (C=O) groups is 1. The highest BCUT2D eigenvalue weighted by Crippen LogP contribution is 2.19. The standard InChI is InChI=1S/C18H21N3O2S.2C2H6/c1-13-3-6-16(7-4-13)24-10-9-19-18-14(2)11-15(12-20-18)5-8-17(22)21-23;2*1-2/h3-8,11-12,23H,9-10H2,1-2H3,(H,19,20)(H,21,22);2*1-2H3/b8-5+;;. The molecule has 6 heteroatoms. The van der Waals surface area contributed by atoms with E-state index in [0.717, 1.165) is 29.2 Å². The molecule has 0 aliphatic carbocycles. The topological polar surface area (TPSA) is 74.2 Å². The maximum Gasteiger partial charge on any atom is 0.267 e. The first kappa shape index (κ1) is 25.7. The Hall–Kier alpha value is -2.31. The number of hydrogen-bond acceptors (Lipinski definition) is 5. The number of amides is 1. The Balaban J connectivity index is 0.00000171. The van der Waals surface area contributed by atoms with E-state index < -0.39 is 5.91 Å². The molecule has 154 valence electrons. The summed E-state index contributed by atoms with van der Waals surface area (Å²) < 4.78 is 0. The fourth-order valence-electron chi connectivity index (χ4n) is 2.05. The second kappa shape index (κ2) is 15.7. The minimum Gasteiger partial charge on any atom is -0.369 e. The van der Waals surface area contributed by atoms with Gasteiger partial charge in [0.2, 0.25) is 0 Å². The second-order valence-electron chi connectivity index (χ2n) is 5.33. The van der Waals surface area contributed by atoms with Crippen LogP contribution in [0.4, 0.5) is 5.82 Å². The van der Waals surface area contributed by atoms with Gasteiger partial charge in [0.05, 0.1) is 0 Å². The van der Waals surface area contributed by atoms with Crippen molar-refractivity contribution in [3.8, 4) is 0 Å². The van der Waals surface area contributed by atoms with Gasteiger partial charge in [0.1, 0.15) is 5.82 Å². The summed E-state index contributed by atoms with van der Waals surface area (Å²) >= 11 is 1.80. The molecule has 0 bridgehead atoms. The van der Waals surface area contributed by atoms with E-state index in [4.69, 9.17) is 5.21 Å². The number of carbonyl (C=O) groups excluding carboxylic acids is 1. The first-order valence-corrected chi connectivity index (χ1v) is 10.6. The lowest BCUT2D eigenvalue weighted by molar-refractivity contribution is -0.124. The van der Waals surface area contributed by atoms with Gasteiger partial charge >= 0.3 is 0 Å². The molecule has 1 heterocycles. The van der Waals surface area contributed by atoms with Gasteiger partial charge in [-0.05, 0) is 49.2 Å². The van der Waals surface area contributed by atoms with E-state index in [9.17, 15) is 4.79 Å². The van der Waals surface area contributed by atoms with E-state index in [1.165, 1.54) is 16.5 Å². The molecule has 0 radical (unpaired) electrons. The number of pyridine rings is 1. The number of thioether (sulfide) groups is 1. The molecule has 2 aromatic rings. The number of anilines is 1. The molecule has 0 atom stereocenters. The maximum absolute atomic E-state index is 11.0. The van der Waals surface area contributed by atoms with Crippen LogP contribution in [0.25, 0.3) is 6.08 Å². The van der Waals surface area contributed by atoms with Crippen LogP contribution in [0.2, 0.25) is 0 Å². The van der Waals surface area contributed by atoms with Crippen LogP contribution in [0.1, 0.15) is 44.4 Å². The van der Waals surface area contributed by atoms with Crippen molar-refractivity contribution < 1.29 is 10.0 Å². The van der Waals surface area contributed by atoms with Crippen LogP contribution >= 0.6 is 11.8 Å². The van der Waals surface area contributed by atoms with Crippen LogP contribution < -0.4 is 10.8 Å². The van der Waals surface area contributed by atoms with E-state index in [0.29, 0.717) is 0 Å². The summed E-state index contributed by atoms with van der Waals surface area (Å²) in [4.78, 5) is 16.6. The van der Waals surface area contributed by atoms with Crippen molar-refractivity contribution in [2.24, 2.45) is 0 Å². The Labute approximate surface area is 173 Å². The highest BCUT2D eigenvalue weighted by molar-refractivity contribution is 7.99. The zero-order valence-corrected chi connectivity index (χ0v) is 18.6. The quantitative estimate of drug-likeness (QED) is 0.188. The van der Waals surface area contributed by atoms with Crippen molar-refractivity contribution in [1.29, 1.82) is 0 Å². The molecule has 0 fully saturated rings. The van der Waals surface area contributed by atoms with E-state index >= 15 is 0 Å². The third-order valence-corrected chi connectivity index (χ3v) is 4.33. The predicted octanol–water partition coefficient (Wildman–Crippen LogP) is 5.47. The zero-order chi connectivity index (χ0) is 21.4. The number of nitrogens with zero attached hydrogens (tertiary/aromatic N) is 1. The van der Waals surface area contributed by atoms with E-state index in [2.05, 4.69) is 41.5 Å². The molecular formula is C22H33N3O2S. The summed E-state index contributed by atoms with van der Waals surface area (Å²) in [7, 11) is 0. The molecule has 5 nitrogen and oxygen atoms in total. The summed E-state index contributed by atoms with van der Waals surface area (Å²) in [5.41, 5.74) is 4.62. The molecule has 2 rings (SSSR count). The number of nitrogens with one attached hydrogen (secondary N) is 2. The number of aryl methyl sites for hydroxylation is 2. The van der Waals surface area contributed by atoms with Gasteiger partial charge in [-0.25, -0.2) is 10.5 Å². The highest BCUT2D eigenvalue weighted by Gasteiger charge is 2.01. The number of hydroxylamine groups is 1. The normalized spacial score (nSPS) is 9.68. The summed E-state index contributed by atoms with van der Waals surface area (Å²) in [5.74, 6) is 1.22. The van der Waals surface area contributed by atoms with Crippen molar-refractivity contribution in [3.63, 3.8) is 0 Å². The third kappa shape index (κ3) is 10.1. The van der Waals surface area contributed by atoms with Crippen LogP contribution in [0.5, 0.6) is 0 Å². The smallest absolute Gasteiger partial charge is 0.267 e. The lowest BCUT2D eigenvalue weighted by Gasteiger charge is -2.09. The van der Waals surface area contributed by atoms with Crippen LogP contribution in [-0.4, -0.2) is 28.4 Å². The Morgan fingerprint density at radius 2 is 1.79 bits per heavy atom. The molecule has 1 aromatic carbocycles. The van der Waals surface area contributed by atoms with Gasteiger partial charge in [-0.3, -0.25) is 10.0 Å². The average molecular weight is 404 g/mol. The average Bonchev–Trinajstić information content (AvgIpc) is 2.74. The van der Waals surface area contributed by atoms with Crippen LogP contribution in [0.3, 0.4) is 0 Å². The van der Waals surface area contributed by atoms with Crippen LogP contribution in [-0.2, 0) is 4.79 Å². The summed E-state index contributed by atoms with van der Waals surface area (Å²) in [6.07, 6.45) is 4.54. The van der Waals surface area contributed by atoms with Crippen molar-refractivity contribution in [2.45, 2.75) is 46.4 Å². The summed E-state index contributed by atoms with van der Waals surface area (Å²) in [6, 6.07) is 10.4. The fraction of sp³-hybridized carbons (Fsp3) is 0.364. The maximum atomic E-state index is 11.0. The number of benzene rings is 1. The Morgan fingerprint density at radius 3 is 2.36 bits per heavy atom. The molecule has 28 heavy (non-hydrogen) atoms. The third-order valence-electron chi connectivity index (χ3n) is 3.32. The number of hydrogen-bond donors (Lipinski definition) is 3. The van der Waals surface area contributed by atoms with Crippen molar-refractivity contribution in [3.05, 3.63) is 59.3 Å². The van der Waals surface area contributed by atoms with E-state index in [1.54, 1.807) is 29.5 Å². The molecule has 1 amide bonds. The van der Waals surface area contributed by atoms with Crippen molar-refractivity contribution in [1.82, 2.24) is 10.5 Å². The van der Waals surface area contributed by atoms with Gasteiger partial charge in [0, 0.05) is 29.5 Å². The molecule has 1 aromatic heterocycles. The molecule has 0 aliphatic rings. The van der Waals surface area contributed by atoms with Gasteiger partial charge in [-0.15, -0.1) is 11.8 Å². The first-order chi connectivity index (χ1) is 13.6. The van der Waals surface area contributed by atoms with E-state index in [-0.39, 0.29) is 0 Å². The number of rotatable bonds is 7. The largest absolute Gasteiger partial charge is 0.369 e. The number of aromatic nitrogens is 1. The molecule has 0 saturated carbocycles. The van der Waals surface area contributed by atoms with E-state index in [1.807, 2.05) is 40.7 Å². The monoisotopic (exact) mass is 403 g/mol. The minimum absolute atomic E-state index is 0.567. The molecule has 0 aliphatic heterocycles. The molecule has 0 spiro atoms. The molecule has 0 saturated heterocycles. The molecule has 0 unspecified atom stereocenters. The minimum atomic E-state index is -0.567. The second-order valence-corrected chi connectivity index (χ2v) is 6.50. The van der Waals surface area contributed by atoms with Gasteiger partial charge in [-0.1, -0.05) is 45.4 Å². The Morgan fingerprint density at radius 1 is 1.14 bits per heavy atom. The van der Waals surface area contributed by atoms with Crippen LogP contribution in [0, 0.1) is 13.8 Å². The Kier molecular flexibility index (Phi) is 14.4. The van der Waals surface area contributed by atoms with Crippen molar-refractivity contribution >= 4 is 29.6 Å². The molecule has 3 N–H and O–H groups in total.